The molecule has 0 aliphatic carbocycles. The molecule has 2 aromatic carbocycles. The van der Waals surface area contributed by atoms with Crippen LogP contribution < -0.4 is 14.4 Å². The van der Waals surface area contributed by atoms with Crippen LogP contribution in [0.5, 0.6) is 5.75 Å². The van der Waals surface area contributed by atoms with Crippen LogP contribution in [0.1, 0.15) is 39.7 Å². The first-order chi connectivity index (χ1) is 16.7. The largest absolute Gasteiger partial charge is 0.495 e. The van der Waals surface area contributed by atoms with Gasteiger partial charge in [0.15, 0.2) is 0 Å². The topological polar surface area (TPSA) is 96.0 Å². The number of benzene rings is 2. The molecule has 2 rings (SSSR count). The molecule has 0 fully saturated rings. The molecular weight excluding hydrogens is 525 g/mol. The van der Waals surface area contributed by atoms with Gasteiger partial charge in [0.25, 0.3) is 0 Å². The summed E-state index contributed by atoms with van der Waals surface area (Å²) in [6, 6.07) is 10.6. The fourth-order valence-electron chi connectivity index (χ4n) is 3.64. The summed E-state index contributed by atoms with van der Waals surface area (Å²) >= 11 is 12.2. The van der Waals surface area contributed by atoms with E-state index in [2.05, 4.69) is 5.32 Å². The maximum Gasteiger partial charge on any atom is 0.244 e. The Morgan fingerprint density at radius 3 is 2.25 bits per heavy atom. The number of anilines is 1. The van der Waals surface area contributed by atoms with E-state index in [9.17, 15) is 18.0 Å². The number of carbonyl (C=O) groups excluding carboxylic acids is 2. The third kappa shape index (κ3) is 8.01. The highest BCUT2D eigenvalue weighted by Gasteiger charge is 2.33. The molecule has 0 aromatic heterocycles. The van der Waals surface area contributed by atoms with Gasteiger partial charge < -0.3 is 15.0 Å². The molecule has 0 saturated heterocycles. The highest BCUT2D eigenvalue weighted by atomic mass is 35.5. The Balaban J connectivity index is 2.52. The van der Waals surface area contributed by atoms with Crippen molar-refractivity contribution in [2.75, 3.05) is 24.2 Å². The highest BCUT2D eigenvalue weighted by molar-refractivity contribution is 7.92. The summed E-state index contributed by atoms with van der Waals surface area (Å²) in [6.45, 7) is 6.81. The van der Waals surface area contributed by atoms with Gasteiger partial charge in [0, 0.05) is 12.1 Å². The van der Waals surface area contributed by atoms with E-state index in [1.165, 1.54) is 12.0 Å². The molecule has 0 aliphatic rings. The molecule has 0 bridgehead atoms. The minimum atomic E-state index is -3.88. The molecular formula is C25H33Cl2N3O5S. The quantitative estimate of drug-likeness (QED) is 0.464. The zero-order valence-electron chi connectivity index (χ0n) is 21.3. The van der Waals surface area contributed by atoms with E-state index in [-0.39, 0.29) is 18.1 Å². The van der Waals surface area contributed by atoms with E-state index < -0.39 is 34.1 Å². The Bertz CT molecular complexity index is 1200. The lowest BCUT2D eigenvalue weighted by Gasteiger charge is -2.34. The van der Waals surface area contributed by atoms with E-state index in [0.29, 0.717) is 27.8 Å². The Morgan fingerprint density at radius 2 is 1.72 bits per heavy atom. The molecule has 0 radical (unpaired) electrons. The van der Waals surface area contributed by atoms with Crippen LogP contribution in [-0.2, 0) is 26.2 Å². The van der Waals surface area contributed by atoms with Crippen molar-refractivity contribution < 1.29 is 22.7 Å². The molecule has 8 nitrogen and oxygen atoms in total. The fourth-order valence-corrected chi connectivity index (χ4v) is 4.81. The van der Waals surface area contributed by atoms with Crippen LogP contribution in [0.25, 0.3) is 0 Å². The lowest BCUT2D eigenvalue weighted by Crippen LogP contribution is -2.55. The minimum Gasteiger partial charge on any atom is -0.495 e. The Kier molecular flexibility index (Phi) is 10.0. The molecule has 2 amide bonds. The second-order valence-electron chi connectivity index (χ2n) is 9.37. The lowest BCUT2D eigenvalue weighted by atomic mass is 10.1. The van der Waals surface area contributed by atoms with Crippen LogP contribution in [-0.4, -0.2) is 56.6 Å². The van der Waals surface area contributed by atoms with E-state index >= 15 is 0 Å². The number of methoxy groups -OCH3 is 1. The Morgan fingerprint density at radius 1 is 1.08 bits per heavy atom. The predicted octanol–water partition coefficient (Wildman–Crippen LogP) is 4.49. The van der Waals surface area contributed by atoms with Gasteiger partial charge in [0.05, 0.1) is 29.1 Å². The normalized spacial score (nSPS) is 12.6. The Hall–Kier alpha value is -2.49. The molecule has 1 unspecified atom stereocenters. The lowest BCUT2D eigenvalue weighted by molar-refractivity contribution is -0.141. The van der Waals surface area contributed by atoms with Crippen molar-refractivity contribution in [3.8, 4) is 5.75 Å². The average molecular weight is 559 g/mol. The van der Waals surface area contributed by atoms with Gasteiger partial charge in [-0.3, -0.25) is 13.9 Å². The van der Waals surface area contributed by atoms with Crippen LogP contribution in [0, 0.1) is 0 Å². The predicted molar refractivity (Wildman–Crippen MR) is 144 cm³/mol. The molecule has 11 heteroatoms. The Labute approximate surface area is 223 Å². The number of ether oxygens (including phenoxy) is 1. The number of sulfonamides is 1. The molecule has 0 aliphatic heterocycles. The number of nitrogens with zero attached hydrogens (tertiary/aromatic N) is 2. The number of halogens is 2. The fraction of sp³-hybridized carbons (Fsp3) is 0.440. The van der Waals surface area contributed by atoms with Crippen molar-refractivity contribution in [3.05, 3.63) is 58.1 Å². The van der Waals surface area contributed by atoms with Crippen molar-refractivity contribution in [2.45, 2.75) is 52.2 Å². The summed E-state index contributed by atoms with van der Waals surface area (Å²) in [5.41, 5.74) is 0.333. The average Bonchev–Trinajstić information content (AvgIpc) is 2.77. The molecule has 0 spiro atoms. The van der Waals surface area contributed by atoms with Crippen LogP contribution in [0.3, 0.4) is 0 Å². The summed E-state index contributed by atoms with van der Waals surface area (Å²) < 4.78 is 31.8. The first kappa shape index (κ1) is 29.7. The number of rotatable bonds is 10. The van der Waals surface area contributed by atoms with Gasteiger partial charge in [-0.25, -0.2) is 8.42 Å². The summed E-state index contributed by atoms with van der Waals surface area (Å²) in [6.07, 6.45) is 1.32. The van der Waals surface area contributed by atoms with Gasteiger partial charge in [-0.15, -0.1) is 0 Å². The highest BCUT2D eigenvalue weighted by Crippen LogP contribution is 2.30. The molecule has 1 atom stereocenters. The standard InChI is InChI=1S/C25H33Cl2N3O5S/c1-7-20(24(32)28-25(2,3)4)29(15-17-12-13-18(26)19(27)14-17)23(31)16-30(36(6,33)34)21-10-8-9-11-22(21)35-5/h8-14,20H,7,15-16H2,1-6H3,(H,28,32). The van der Waals surface area contributed by atoms with Crippen LogP contribution in [0.15, 0.2) is 42.5 Å². The van der Waals surface area contributed by atoms with Gasteiger partial charge in [0.2, 0.25) is 21.8 Å². The number of amides is 2. The van der Waals surface area contributed by atoms with Crippen molar-refractivity contribution in [2.24, 2.45) is 0 Å². The van der Waals surface area contributed by atoms with E-state index in [1.807, 2.05) is 20.8 Å². The van der Waals surface area contributed by atoms with Gasteiger partial charge in [0.1, 0.15) is 18.3 Å². The van der Waals surface area contributed by atoms with E-state index in [0.717, 1.165) is 10.6 Å². The number of nitrogens with one attached hydrogen (secondary N) is 1. The van der Waals surface area contributed by atoms with Gasteiger partial charge in [-0.05, 0) is 57.0 Å². The monoisotopic (exact) mass is 557 g/mol. The first-order valence-electron chi connectivity index (χ1n) is 11.3. The first-order valence-corrected chi connectivity index (χ1v) is 13.9. The molecule has 0 heterocycles. The minimum absolute atomic E-state index is 0.0231. The second-order valence-corrected chi connectivity index (χ2v) is 12.1. The third-order valence-electron chi connectivity index (χ3n) is 5.25. The number of para-hydroxylation sites is 2. The van der Waals surface area contributed by atoms with Gasteiger partial charge in [-0.1, -0.05) is 48.3 Å². The van der Waals surface area contributed by atoms with Crippen LogP contribution in [0.4, 0.5) is 5.69 Å². The summed E-state index contributed by atoms with van der Waals surface area (Å²) in [5, 5.41) is 3.58. The number of carbonyl (C=O) groups is 2. The van der Waals surface area contributed by atoms with Gasteiger partial charge >= 0.3 is 0 Å². The van der Waals surface area contributed by atoms with E-state index in [4.69, 9.17) is 27.9 Å². The van der Waals surface area contributed by atoms with Crippen LogP contribution in [0.2, 0.25) is 10.0 Å². The molecule has 2 aromatic rings. The van der Waals surface area contributed by atoms with Gasteiger partial charge in [-0.2, -0.15) is 0 Å². The maximum atomic E-state index is 13.7. The molecule has 36 heavy (non-hydrogen) atoms. The van der Waals surface area contributed by atoms with Crippen LogP contribution >= 0.6 is 23.2 Å². The van der Waals surface area contributed by atoms with E-state index in [1.54, 1.807) is 49.4 Å². The van der Waals surface area contributed by atoms with Crippen molar-refractivity contribution in [1.82, 2.24) is 10.2 Å². The smallest absolute Gasteiger partial charge is 0.244 e. The van der Waals surface area contributed by atoms with Crippen molar-refractivity contribution in [3.63, 3.8) is 0 Å². The summed E-state index contributed by atoms with van der Waals surface area (Å²) in [4.78, 5) is 28.3. The van der Waals surface area contributed by atoms with Crippen molar-refractivity contribution in [1.29, 1.82) is 0 Å². The molecule has 1 N–H and O–H groups in total. The number of hydrogen-bond acceptors (Lipinski definition) is 5. The SMILES string of the molecule is CCC(C(=O)NC(C)(C)C)N(Cc1ccc(Cl)c(Cl)c1)C(=O)CN(c1ccccc1OC)S(C)(=O)=O. The molecule has 198 valence electrons. The van der Waals surface area contributed by atoms with Crippen molar-refractivity contribution >= 4 is 50.7 Å². The zero-order chi connectivity index (χ0) is 27.3. The summed E-state index contributed by atoms with van der Waals surface area (Å²) in [5.74, 6) is -0.612. The number of hydrogen-bond donors (Lipinski definition) is 1. The zero-order valence-corrected chi connectivity index (χ0v) is 23.7. The molecule has 0 saturated carbocycles. The second kappa shape index (κ2) is 12.2. The maximum absolute atomic E-state index is 13.7. The third-order valence-corrected chi connectivity index (χ3v) is 7.12. The summed E-state index contributed by atoms with van der Waals surface area (Å²) in [7, 11) is -2.46.